The van der Waals surface area contributed by atoms with Crippen LogP contribution >= 0.6 is 15.9 Å². The summed E-state index contributed by atoms with van der Waals surface area (Å²) in [5, 5.41) is 3.46. The number of nitrogens with zero attached hydrogens (tertiary/aromatic N) is 1. The predicted octanol–water partition coefficient (Wildman–Crippen LogP) is 1.57. The van der Waals surface area contributed by atoms with Gasteiger partial charge < -0.3 is 0 Å². The van der Waals surface area contributed by atoms with Gasteiger partial charge in [0.05, 0.1) is 5.56 Å². The molecule has 0 radical (unpaired) electrons. The van der Waals surface area contributed by atoms with Crippen LogP contribution in [0.1, 0.15) is 12.0 Å². The van der Waals surface area contributed by atoms with Crippen LogP contribution in [0.5, 0.6) is 0 Å². The van der Waals surface area contributed by atoms with Crippen LogP contribution in [0.3, 0.4) is 0 Å². The van der Waals surface area contributed by atoms with Crippen LogP contribution in [0.4, 0.5) is 13.2 Å². The number of nitrogens with two attached hydrogens (primary N) is 1. The van der Waals surface area contributed by atoms with E-state index < -0.39 is 32.9 Å². The smallest absolute Gasteiger partial charge is 0.227 e. The number of primary sulfonamides is 1. The van der Waals surface area contributed by atoms with Crippen molar-refractivity contribution < 1.29 is 21.6 Å². The van der Waals surface area contributed by atoms with Gasteiger partial charge in [-0.05, 0) is 15.9 Å². The van der Waals surface area contributed by atoms with Gasteiger partial charge >= 0.3 is 0 Å². The lowest BCUT2D eigenvalue weighted by Crippen LogP contribution is -2.18. The lowest BCUT2D eigenvalue weighted by Gasteiger charge is -2.07. The first-order valence-corrected chi connectivity index (χ1v) is 5.74. The highest BCUT2D eigenvalue weighted by molar-refractivity contribution is 9.10. The monoisotopic (exact) mass is 304 g/mol. The lowest BCUT2D eigenvalue weighted by atomic mass is 10.3. The number of hydrogen-bond donors (Lipinski definition) is 1. The third-order valence-electron chi connectivity index (χ3n) is 1.43. The molecule has 0 aliphatic carbocycles. The average Bonchev–Trinajstić information content (AvgIpc) is 1.99. The normalized spacial score (nSPS) is 12.1. The molecule has 0 bridgehead atoms. The zero-order chi connectivity index (χ0) is 11.8. The first-order valence-electron chi connectivity index (χ1n) is 3.40. The van der Waals surface area contributed by atoms with Gasteiger partial charge in [-0.25, -0.2) is 31.7 Å². The van der Waals surface area contributed by atoms with Crippen LogP contribution in [-0.2, 0) is 10.0 Å². The molecule has 0 atom stereocenters. The SMILES string of the molecule is NS(=O)(=O)c1nc(Br)cc(F)c1C(F)F. The summed E-state index contributed by atoms with van der Waals surface area (Å²) in [5.41, 5.74) is -1.32. The molecule has 4 nitrogen and oxygen atoms in total. The number of aromatic nitrogens is 1. The fourth-order valence-corrected chi connectivity index (χ4v) is 2.10. The van der Waals surface area contributed by atoms with Gasteiger partial charge in [0, 0.05) is 6.07 Å². The van der Waals surface area contributed by atoms with Gasteiger partial charge in [-0.1, -0.05) is 0 Å². The van der Waals surface area contributed by atoms with E-state index in [0.717, 1.165) is 0 Å². The topological polar surface area (TPSA) is 73.1 Å². The Hall–Kier alpha value is -0.670. The molecule has 0 aliphatic rings. The predicted molar refractivity (Wildman–Crippen MR) is 48.2 cm³/mol. The van der Waals surface area contributed by atoms with E-state index in [4.69, 9.17) is 0 Å². The molecule has 0 fully saturated rings. The van der Waals surface area contributed by atoms with Crippen LogP contribution < -0.4 is 5.14 Å². The van der Waals surface area contributed by atoms with E-state index in [2.05, 4.69) is 26.1 Å². The average molecular weight is 305 g/mol. The quantitative estimate of drug-likeness (QED) is 0.843. The third kappa shape index (κ3) is 2.67. The van der Waals surface area contributed by atoms with Gasteiger partial charge in [-0.15, -0.1) is 0 Å². The molecule has 1 rings (SSSR count). The Morgan fingerprint density at radius 2 is 2.00 bits per heavy atom. The molecule has 0 saturated heterocycles. The Labute approximate surface area is 91.5 Å². The Morgan fingerprint density at radius 1 is 1.47 bits per heavy atom. The van der Waals surface area contributed by atoms with Gasteiger partial charge in [0.1, 0.15) is 10.4 Å². The second kappa shape index (κ2) is 4.06. The maximum atomic E-state index is 13.0. The van der Waals surface area contributed by atoms with Crippen molar-refractivity contribution in [3.8, 4) is 0 Å². The molecule has 0 aromatic carbocycles. The van der Waals surface area contributed by atoms with Gasteiger partial charge in [-0.2, -0.15) is 0 Å². The van der Waals surface area contributed by atoms with E-state index in [-0.39, 0.29) is 4.60 Å². The van der Waals surface area contributed by atoms with Crippen molar-refractivity contribution in [1.82, 2.24) is 4.98 Å². The Morgan fingerprint density at radius 3 is 2.40 bits per heavy atom. The fourth-order valence-electron chi connectivity index (χ4n) is 0.888. The zero-order valence-electron chi connectivity index (χ0n) is 6.92. The van der Waals surface area contributed by atoms with Crippen LogP contribution in [0.2, 0.25) is 0 Å². The number of sulfonamides is 1. The van der Waals surface area contributed by atoms with Crippen molar-refractivity contribution in [3.63, 3.8) is 0 Å². The zero-order valence-corrected chi connectivity index (χ0v) is 9.32. The van der Waals surface area contributed by atoms with Gasteiger partial charge in [0.25, 0.3) is 16.4 Å². The molecule has 1 heterocycles. The maximum absolute atomic E-state index is 13.0. The summed E-state index contributed by atoms with van der Waals surface area (Å²) < 4.78 is 59.2. The summed E-state index contributed by atoms with van der Waals surface area (Å²) in [5.74, 6) is -1.38. The van der Waals surface area contributed by atoms with E-state index in [9.17, 15) is 21.6 Å². The largest absolute Gasteiger partial charge is 0.269 e. The van der Waals surface area contributed by atoms with Crippen LogP contribution in [-0.4, -0.2) is 13.4 Å². The Kier molecular flexibility index (Phi) is 3.36. The molecular weight excluding hydrogens is 301 g/mol. The second-order valence-corrected chi connectivity index (χ2v) is 4.78. The molecule has 84 valence electrons. The van der Waals surface area contributed by atoms with Gasteiger partial charge in [-0.3, -0.25) is 0 Å². The van der Waals surface area contributed by atoms with E-state index in [0.29, 0.717) is 6.07 Å². The van der Waals surface area contributed by atoms with Crippen molar-refractivity contribution >= 4 is 26.0 Å². The number of pyridine rings is 1. The maximum Gasteiger partial charge on any atom is 0.269 e. The summed E-state index contributed by atoms with van der Waals surface area (Å²) in [6, 6.07) is 0.635. The minimum absolute atomic E-state index is 0.228. The Bertz CT molecular complexity index is 491. The third-order valence-corrected chi connectivity index (χ3v) is 2.69. The fraction of sp³-hybridized carbons (Fsp3) is 0.167. The van der Waals surface area contributed by atoms with Crippen molar-refractivity contribution in [2.24, 2.45) is 5.14 Å². The molecule has 9 heteroatoms. The van der Waals surface area contributed by atoms with Crippen LogP contribution in [0.25, 0.3) is 0 Å². The lowest BCUT2D eigenvalue weighted by molar-refractivity contribution is 0.141. The molecule has 0 spiro atoms. The van der Waals surface area contributed by atoms with Crippen molar-refractivity contribution in [2.75, 3.05) is 0 Å². The molecule has 0 aliphatic heterocycles. The molecule has 1 aromatic rings. The minimum atomic E-state index is -4.48. The first kappa shape index (κ1) is 12.4. The van der Waals surface area contributed by atoms with Crippen molar-refractivity contribution in [1.29, 1.82) is 0 Å². The number of hydrogen-bond acceptors (Lipinski definition) is 3. The molecule has 0 amide bonds. The number of alkyl halides is 2. The first-order chi connectivity index (χ1) is 6.73. The van der Waals surface area contributed by atoms with E-state index in [1.54, 1.807) is 0 Å². The van der Waals surface area contributed by atoms with E-state index in [1.165, 1.54) is 0 Å². The van der Waals surface area contributed by atoms with Crippen LogP contribution in [0, 0.1) is 5.82 Å². The summed E-state index contributed by atoms with van der Waals surface area (Å²) in [6.45, 7) is 0. The second-order valence-electron chi connectivity index (χ2n) is 2.49. The minimum Gasteiger partial charge on any atom is -0.227 e. The molecule has 1 aromatic heterocycles. The highest BCUT2D eigenvalue weighted by Crippen LogP contribution is 2.28. The molecule has 2 N–H and O–H groups in total. The standard InChI is InChI=1S/C6H4BrF3N2O2S/c7-3-1-2(8)4(5(9)10)6(12-3)15(11,13)14/h1,5H,(H2,11,13,14). The highest BCUT2D eigenvalue weighted by Gasteiger charge is 2.27. The highest BCUT2D eigenvalue weighted by atomic mass is 79.9. The van der Waals surface area contributed by atoms with Crippen LogP contribution in [0.15, 0.2) is 15.7 Å². The number of halogens is 4. The molecular formula is C6H4BrF3N2O2S. The summed E-state index contributed by atoms with van der Waals surface area (Å²) in [6.07, 6.45) is -3.31. The van der Waals surface area contributed by atoms with E-state index >= 15 is 0 Å². The van der Waals surface area contributed by atoms with E-state index in [1.807, 2.05) is 0 Å². The van der Waals surface area contributed by atoms with Crippen molar-refractivity contribution in [3.05, 3.63) is 22.1 Å². The van der Waals surface area contributed by atoms with Gasteiger partial charge in [0.15, 0.2) is 5.03 Å². The summed E-state index contributed by atoms with van der Waals surface area (Å²) in [7, 11) is -4.48. The summed E-state index contributed by atoms with van der Waals surface area (Å²) in [4.78, 5) is 3.21. The molecule has 0 unspecified atom stereocenters. The van der Waals surface area contributed by atoms with Gasteiger partial charge in [0.2, 0.25) is 0 Å². The summed E-state index contributed by atoms with van der Waals surface area (Å²) >= 11 is 2.67. The van der Waals surface area contributed by atoms with Crippen molar-refractivity contribution in [2.45, 2.75) is 11.5 Å². The molecule has 0 saturated carbocycles. The number of rotatable bonds is 2. The Balaban J connectivity index is 3.62. The molecule has 15 heavy (non-hydrogen) atoms.